The smallest absolute Gasteiger partial charge is 0.308 e. The minimum atomic E-state index is -4.83. The number of hydrogen-bond donors (Lipinski definition) is 3. The van der Waals surface area contributed by atoms with E-state index in [1.807, 2.05) is 0 Å². The van der Waals surface area contributed by atoms with Crippen molar-refractivity contribution in [3.05, 3.63) is 54.1 Å². The zero-order valence-corrected chi connectivity index (χ0v) is 12.5. The highest BCUT2D eigenvalue weighted by Gasteiger charge is 2.07. The number of carbonyl (C=O) groups is 1. The molecule has 118 valence electrons. The Hall–Kier alpha value is -3.05. The molecule has 0 bridgehead atoms. The van der Waals surface area contributed by atoms with E-state index in [2.05, 4.69) is 16.6 Å². The highest BCUT2D eigenvalue weighted by atomic mass is 32.3. The third-order valence-corrected chi connectivity index (χ3v) is 3.15. The van der Waals surface area contributed by atoms with Crippen molar-refractivity contribution in [1.82, 2.24) is 0 Å². The predicted octanol–water partition coefficient (Wildman–Crippen LogP) is 2.94. The number of halogens is 1. The molecule has 2 aromatic rings. The Balaban J connectivity index is 1.99. The Morgan fingerprint density at radius 1 is 1.00 bits per heavy atom. The molecule has 0 fully saturated rings. The lowest BCUT2D eigenvalue weighted by atomic mass is 10.2. The molecular formula is C15H12FN3O3S. The molecule has 6 nitrogen and oxygen atoms in total. The number of terminal acetylenes is 1. The van der Waals surface area contributed by atoms with E-state index in [-0.39, 0.29) is 5.69 Å². The zero-order chi connectivity index (χ0) is 16.9. The Kier molecular flexibility index (Phi) is 4.83. The Morgan fingerprint density at radius 3 is 2.22 bits per heavy atom. The summed E-state index contributed by atoms with van der Waals surface area (Å²) >= 11 is 0. The maximum atomic E-state index is 12.5. The molecule has 0 spiro atoms. The van der Waals surface area contributed by atoms with Crippen LogP contribution in [0.3, 0.4) is 0 Å². The topological polar surface area (TPSA) is 87.3 Å². The first-order valence-corrected chi connectivity index (χ1v) is 7.71. The molecule has 8 heteroatoms. The van der Waals surface area contributed by atoms with Crippen LogP contribution in [0.4, 0.5) is 25.7 Å². The molecule has 0 aromatic heterocycles. The number of rotatable bonds is 4. The fourth-order valence-corrected chi connectivity index (χ4v) is 2.16. The van der Waals surface area contributed by atoms with Gasteiger partial charge in [0.05, 0.1) is 5.69 Å². The molecule has 0 unspecified atom stereocenters. The average molecular weight is 333 g/mol. The minimum Gasteiger partial charge on any atom is -0.308 e. The monoisotopic (exact) mass is 333 g/mol. The molecule has 2 aromatic carbocycles. The first-order chi connectivity index (χ1) is 10.9. The van der Waals surface area contributed by atoms with Crippen molar-refractivity contribution >= 4 is 33.5 Å². The molecule has 0 radical (unpaired) electrons. The summed E-state index contributed by atoms with van der Waals surface area (Å²) in [7, 11) is -4.83. The molecule has 0 saturated carbocycles. The third kappa shape index (κ3) is 5.33. The maximum absolute atomic E-state index is 12.5. The molecule has 2 rings (SSSR count). The summed E-state index contributed by atoms with van der Waals surface area (Å²) < 4.78 is 35.0. The van der Waals surface area contributed by atoms with Gasteiger partial charge in [-0.25, -0.2) is 4.79 Å². The molecular weight excluding hydrogens is 321 g/mol. The van der Waals surface area contributed by atoms with E-state index in [9.17, 15) is 17.1 Å². The second-order valence-corrected chi connectivity index (χ2v) is 5.50. The molecule has 0 aliphatic carbocycles. The van der Waals surface area contributed by atoms with E-state index in [1.165, 1.54) is 24.3 Å². The van der Waals surface area contributed by atoms with Crippen LogP contribution >= 0.6 is 0 Å². The Bertz CT molecular complexity index is 858. The van der Waals surface area contributed by atoms with E-state index in [0.29, 0.717) is 16.9 Å². The van der Waals surface area contributed by atoms with Crippen LogP contribution < -0.4 is 15.4 Å². The maximum Gasteiger partial charge on any atom is 0.396 e. The fraction of sp³-hybridized carbons (Fsp3) is 0. The summed E-state index contributed by atoms with van der Waals surface area (Å²) in [6.45, 7) is 0. The molecule has 0 atom stereocenters. The van der Waals surface area contributed by atoms with E-state index in [0.717, 1.165) is 0 Å². The third-order valence-electron chi connectivity index (χ3n) is 2.67. The van der Waals surface area contributed by atoms with E-state index < -0.39 is 16.4 Å². The number of urea groups is 1. The average Bonchev–Trinajstić information content (AvgIpc) is 2.48. The summed E-state index contributed by atoms with van der Waals surface area (Å²) in [6.07, 6.45) is 5.28. The van der Waals surface area contributed by atoms with Crippen LogP contribution in [0, 0.1) is 12.3 Å². The van der Waals surface area contributed by atoms with Crippen LogP contribution in [0.15, 0.2) is 48.5 Å². The van der Waals surface area contributed by atoms with Gasteiger partial charge in [0.25, 0.3) is 0 Å². The van der Waals surface area contributed by atoms with E-state index in [4.69, 9.17) is 6.42 Å². The van der Waals surface area contributed by atoms with Crippen LogP contribution in [-0.2, 0) is 10.4 Å². The normalized spacial score (nSPS) is 10.4. The largest absolute Gasteiger partial charge is 0.396 e. The number of nitrogens with one attached hydrogen (secondary N) is 3. The van der Waals surface area contributed by atoms with E-state index in [1.54, 1.807) is 29.0 Å². The van der Waals surface area contributed by atoms with Gasteiger partial charge in [0.2, 0.25) is 0 Å². The molecule has 0 aliphatic rings. The van der Waals surface area contributed by atoms with Crippen molar-refractivity contribution in [2.24, 2.45) is 0 Å². The molecule has 0 heterocycles. The highest BCUT2D eigenvalue weighted by molar-refractivity contribution is 7.87. The SMILES string of the molecule is C#Cc1cccc(NC(=O)Nc2ccc(NS(=O)(=O)F)cc2)c1. The van der Waals surface area contributed by atoms with Gasteiger partial charge in [-0.15, -0.1) is 6.42 Å². The quantitative estimate of drug-likeness (QED) is 0.594. The van der Waals surface area contributed by atoms with Gasteiger partial charge >= 0.3 is 16.4 Å². The van der Waals surface area contributed by atoms with Crippen molar-refractivity contribution < 1.29 is 17.1 Å². The van der Waals surface area contributed by atoms with Crippen molar-refractivity contribution in [2.45, 2.75) is 0 Å². The van der Waals surface area contributed by atoms with Crippen LogP contribution in [0.5, 0.6) is 0 Å². The van der Waals surface area contributed by atoms with Crippen LogP contribution in [-0.4, -0.2) is 14.4 Å². The van der Waals surface area contributed by atoms with Gasteiger partial charge in [-0.2, -0.15) is 8.42 Å². The van der Waals surface area contributed by atoms with Crippen LogP contribution in [0.1, 0.15) is 5.56 Å². The predicted molar refractivity (Wildman–Crippen MR) is 87.1 cm³/mol. The fourth-order valence-electron chi connectivity index (χ4n) is 1.74. The molecule has 3 N–H and O–H groups in total. The number of anilines is 3. The van der Waals surface area contributed by atoms with Gasteiger partial charge < -0.3 is 10.6 Å². The van der Waals surface area contributed by atoms with Crippen molar-refractivity contribution in [3.8, 4) is 12.3 Å². The van der Waals surface area contributed by atoms with Gasteiger partial charge in [0.1, 0.15) is 0 Å². The number of hydrogen-bond acceptors (Lipinski definition) is 3. The lowest BCUT2D eigenvalue weighted by Crippen LogP contribution is -2.19. The lowest BCUT2D eigenvalue weighted by Gasteiger charge is -2.08. The standard InChI is InChI=1S/C15H12FN3O3S/c1-2-11-4-3-5-14(10-11)18-15(20)17-12-6-8-13(9-7-12)19-23(16,21)22/h1,3-10,19H,(H2,17,18,20). The Labute approximate surface area is 133 Å². The Morgan fingerprint density at radius 2 is 1.61 bits per heavy atom. The molecule has 0 aliphatic heterocycles. The first-order valence-electron chi connectivity index (χ1n) is 6.33. The molecule has 0 saturated heterocycles. The van der Waals surface area contributed by atoms with Crippen molar-refractivity contribution in [3.63, 3.8) is 0 Å². The lowest BCUT2D eigenvalue weighted by molar-refractivity contribution is 0.262. The van der Waals surface area contributed by atoms with Gasteiger partial charge in [0.15, 0.2) is 0 Å². The second-order valence-electron chi connectivity index (χ2n) is 4.42. The van der Waals surface area contributed by atoms with Crippen molar-refractivity contribution in [2.75, 3.05) is 15.4 Å². The van der Waals surface area contributed by atoms with Gasteiger partial charge in [-0.05, 0) is 42.5 Å². The minimum absolute atomic E-state index is 0.0418. The van der Waals surface area contributed by atoms with Gasteiger partial charge in [-0.3, -0.25) is 4.72 Å². The number of benzene rings is 2. The number of amides is 2. The summed E-state index contributed by atoms with van der Waals surface area (Å²) in [5.41, 5.74) is 1.60. The highest BCUT2D eigenvalue weighted by Crippen LogP contribution is 2.16. The van der Waals surface area contributed by atoms with E-state index >= 15 is 0 Å². The van der Waals surface area contributed by atoms with Crippen LogP contribution in [0.2, 0.25) is 0 Å². The van der Waals surface area contributed by atoms with Crippen LogP contribution in [0.25, 0.3) is 0 Å². The molecule has 2 amide bonds. The first kappa shape index (κ1) is 16.3. The summed E-state index contributed by atoms with van der Waals surface area (Å²) in [5, 5.41) is 5.15. The summed E-state index contributed by atoms with van der Waals surface area (Å²) in [5.74, 6) is 2.46. The van der Waals surface area contributed by atoms with Gasteiger partial charge in [0, 0.05) is 16.9 Å². The summed E-state index contributed by atoms with van der Waals surface area (Å²) in [4.78, 5) is 11.8. The zero-order valence-electron chi connectivity index (χ0n) is 11.7. The second kappa shape index (κ2) is 6.81. The van der Waals surface area contributed by atoms with Gasteiger partial charge in [-0.1, -0.05) is 15.9 Å². The summed E-state index contributed by atoms with van der Waals surface area (Å²) in [6, 6.07) is 11.7. The number of carbonyl (C=O) groups excluding carboxylic acids is 1. The van der Waals surface area contributed by atoms with Crippen molar-refractivity contribution in [1.29, 1.82) is 0 Å². The molecule has 23 heavy (non-hydrogen) atoms.